The van der Waals surface area contributed by atoms with Gasteiger partial charge in [-0.15, -0.1) is 0 Å². The lowest BCUT2D eigenvalue weighted by Gasteiger charge is -2.11. The molecule has 0 unspecified atom stereocenters. The third-order valence-corrected chi connectivity index (χ3v) is 4.39. The molecule has 30 heavy (non-hydrogen) atoms. The van der Waals surface area contributed by atoms with E-state index in [9.17, 15) is 9.65 Å². The lowest BCUT2D eigenvalue weighted by Crippen LogP contribution is -2.06. The third-order valence-electron chi connectivity index (χ3n) is 4.39. The first-order valence-corrected chi connectivity index (χ1v) is 9.48. The Morgan fingerprint density at radius 3 is 2.60 bits per heavy atom. The molecule has 0 fully saturated rings. The van der Waals surface area contributed by atoms with Crippen molar-refractivity contribution in [3.05, 3.63) is 78.4 Å². The number of nitrogens with one attached hydrogen (secondary N) is 2. The number of anilines is 2. The Balaban J connectivity index is 1.38. The van der Waals surface area contributed by atoms with Gasteiger partial charge in [-0.2, -0.15) is 5.26 Å². The maximum atomic E-state index is 13.6. The molecule has 0 atom stereocenters. The number of H-pyrrole nitrogens is 1. The molecule has 2 heterocycles. The van der Waals surface area contributed by atoms with Crippen molar-refractivity contribution in [2.75, 3.05) is 18.5 Å². The van der Waals surface area contributed by atoms with Crippen molar-refractivity contribution >= 4 is 22.4 Å². The molecular formula is C23H19FN4O2. The SMILES string of the molecule is N#Cc1cc(OCCCOc2ccccc2)cc(Nc2ccc3c(F)c[nH]c3c2)n1. The number of halogens is 1. The van der Waals surface area contributed by atoms with E-state index >= 15 is 0 Å². The molecule has 0 radical (unpaired) electrons. The minimum atomic E-state index is -0.298. The van der Waals surface area contributed by atoms with Crippen LogP contribution in [0.25, 0.3) is 10.9 Å². The number of nitrogens with zero attached hydrogens (tertiary/aromatic N) is 2. The summed E-state index contributed by atoms with van der Waals surface area (Å²) < 4.78 is 25.0. The number of hydrogen-bond acceptors (Lipinski definition) is 5. The summed E-state index contributed by atoms with van der Waals surface area (Å²) in [6.45, 7) is 0.965. The first kappa shape index (κ1) is 19.3. The molecule has 2 N–H and O–H groups in total. The molecule has 150 valence electrons. The minimum absolute atomic E-state index is 0.238. The molecule has 2 aromatic carbocycles. The molecule has 2 aromatic heterocycles. The van der Waals surface area contributed by atoms with E-state index in [1.54, 1.807) is 30.3 Å². The molecule has 0 aliphatic heterocycles. The van der Waals surface area contributed by atoms with E-state index < -0.39 is 0 Å². The van der Waals surface area contributed by atoms with Crippen LogP contribution in [-0.4, -0.2) is 23.2 Å². The Morgan fingerprint density at radius 2 is 1.80 bits per heavy atom. The lowest BCUT2D eigenvalue weighted by atomic mass is 10.2. The molecule has 4 rings (SSSR count). The average Bonchev–Trinajstić information content (AvgIpc) is 3.14. The van der Waals surface area contributed by atoms with Crippen LogP contribution in [0.3, 0.4) is 0 Å². The van der Waals surface area contributed by atoms with Gasteiger partial charge >= 0.3 is 0 Å². The van der Waals surface area contributed by atoms with Gasteiger partial charge < -0.3 is 19.8 Å². The highest BCUT2D eigenvalue weighted by Gasteiger charge is 2.07. The second kappa shape index (κ2) is 8.97. The van der Waals surface area contributed by atoms with E-state index in [1.807, 2.05) is 36.4 Å². The summed E-state index contributed by atoms with van der Waals surface area (Å²) in [5, 5.41) is 12.9. The summed E-state index contributed by atoms with van der Waals surface area (Å²) in [7, 11) is 0. The number of fused-ring (bicyclic) bond motifs is 1. The number of aromatic nitrogens is 2. The highest BCUT2D eigenvalue weighted by Crippen LogP contribution is 2.25. The van der Waals surface area contributed by atoms with Crippen LogP contribution in [0.15, 0.2) is 66.9 Å². The van der Waals surface area contributed by atoms with Gasteiger partial charge in [0.15, 0.2) is 0 Å². The highest BCUT2D eigenvalue weighted by molar-refractivity contribution is 5.84. The van der Waals surface area contributed by atoms with Gasteiger partial charge in [-0.1, -0.05) is 18.2 Å². The van der Waals surface area contributed by atoms with Crippen molar-refractivity contribution in [2.24, 2.45) is 0 Å². The summed E-state index contributed by atoms with van der Waals surface area (Å²) in [6.07, 6.45) is 2.01. The van der Waals surface area contributed by atoms with E-state index in [1.165, 1.54) is 6.20 Å². The quantitative estimate of drug-likeness (QED) is 0.398. The number of para-hydroxylation sites is 1. The van der Waals surface area contributed by atoms with Crippen LogP contribution >= 0.6 is 0 Å². The minimum Gasteiger partial charge on any atom is -0.493 e. The van der Waals surface area contributed by atoms with E-state index in [0.29, 0.717) is 47.8 Å². The van der Waals surface area contributed by atoms with Crippen molar-refractivity contribution < 1.29 is 13.9 Å². The van der Waals surface area contributed by atoms with Gasteiger partial charge in [-0.05, 0) is 30.3 Å². The fourth-order valence-corrected chi connectivity index (χ4v) is 2.98. The maximum absolute atomic E-state index is 13.6. The first-order valence-electron chi connectivity index (χ1n) is 9.48. The number of pyridine rings is 1. The number of ether oxygens (including phenoxy) is 2. The van der Waals surface area contributed by atoms with Crippen LogP contribution in [0.2, 0.25) is 0 Å². The lowest BCUT2D eigenvalue weighted by molar-refractivity contribution is 0.247. The van der Waals surface area contributed by atoms with Crippen LogP contribution in [0.1, 0.15) is 12.1 Å². The molecular weight excluding hydrogens is 383 g/mol. The summed E-state index contributed by atoms with van der Waals surface area (Å²) >= 11 is 0. The third kappa shape index (κ3) is 4.67. The predicted molar refractivity (Wildman–Crippen MR) is 113 cm³/mol. The van der Waals surface area contributed by atoms with Gasteiger partial charge in [-0.3, -0.25) is 0 Å². The van der Waals surface area contributed by atoms with E-state index in [4.69, 9.17) is 9.47 Å². The molecule has 0 spiro atoms. The molecule has 0 bridgehead atoms. The molecule has 0 aliphatic carbocycles. The van der Waals surface area contributed by atoms with E-state index in [0.717, 1.165) is 5.75 Å². The van der Waals surface area contributed by atoms with E-state index in [-0.39, 0.29) is 11.5 Å². The van der Waals surface area contributed by atoms with Crippen LogP contribution < -0.4 is 14.8 Å². The Labute approximate surface area is 172 Å². The largest absolute Gasteiger partial charge is 0.493 e. The zero-order valence-corrected chi connectivity index (χ0v) is 16.1. The van der Waals surface area contributed by atoms with Crippen molar-refractivity contribution in [1.82, 2.24) is 9.97 Å². The highest BCUT2D eigenvalue weighted by atomic mass is 19.1. The molecule has 0 saturated heterocycles. The molecule has 6 nitrogen and oxygen atoms in total. The monoisotopic (exact) mass is 402 g/mol. The molecule has 4 aromatic rings. The summed E-state index contributed by atoms with van der Waals surface area (Å²) in [5.41, 5.74) is 1.63. The fraction of sp³-hybridized carbons (Fsp3) is 0.130. The normalized spacial score (nSPS) is 10.5. The van der Waals surface area contributed by atoms with Crippen molar-refractivity contribution in [3.63, 3.8) is 0 Å². The van der Waals surface area contributed by atoms with Gasteiger partial charge in [0.1, 0.15) is 34.9 Å². The van der Waals surface area contributed by atoms with Crippen molar-refractivity contribution in [3.8, 4) is 17.6 Å². The molecule has 0 saturated carbocycles. The second-order valence-electron chi connectivity index (χ2n) is 6.57. The zero-order chi connectivity index (χ0) is 20.8. The van der Waals surface area contributed by atoms with Gasteiger partial charge in [0.2, 0.25) is 0 Å². The second-order valence-corrected chi connectivity index (χ2v) is 6.57. The Morgan fingerprint density at radius 1 is 1.00 bits per heavy atom. The number of hydrogen-bond donors (Lipinski definition) is 2. The summed E-state index contributed by atoms with van der Waals surface area (Å²) in [6, 6.07) is 20.1. The van der Waals surface area contributed by atoms with E-state index in [2.05, 4.69) is 15.3 Å². The summed E-state index contributed by atoms with van der Waals surface area (Å²) in [5.74, 6) is 1.53. The van der Waals surface area contributed by atoms with Crippen LogP contribution in [0.4, 0.5) is 15.9 Å². The number of benzene rings is 2. The zero-order valence-electron chi connectivity index (χ0n) is 16.1. The Kier molecular flexibility index (Phi) is 5.76. The molecule has 0 aliphatic rings. The van der Waals surface area contributed by atoms with Crippen molar-refractivity contribution in [1.29, 1.82) is 5.26 Å². The topological polar surface area (TPSA) is 83.0 Å². The molecule has 0 amide bonds. The average molecular weight is 402 g/mol. The Bertz CT molecular complexity index is 1190. The predicted octanol–water partition coefficient (Wildman–Crippen LogP) is 5.17. The smallest absolute Gasteiger partial charge is 0.148 e. The number of nitriles is 1. The van der Waals surface area contributed by atoms with Crippen molar-refractivity contribution in [2.45, 2.75) is 6.42 Å². The fourth-order valence-electron chi connectivity index (χ4n) is 2.98. The van der Waals surface area contributed by atoms with Gasteiger partial charge in [0.25, 0.3) is 0 Å². The molecule has 7 heteroatoms. The van der Waals surface area contributed by atoms with Crippen LogP contribution in [-0.2, 0) is 0 Å². The maximum Gasteiger partial charge on any atom is 0.148 e. The van der Waals surface area contributed by atoms with Crippen LogP contribution in [0.5, 0.6) is 11.5 Å². The van der Waals surface area contributed by atoms with Gasteiger partial charge in [-0.25, -0.2) is 9.37 Å². The van der Waals surface area contributed by atoms with Crippen LogP contribution in [0, 0.1) is 17.1 Å². The van der Waals surface area contributed by atoms with Gasteiger partial charge in [0, 0.05) is 35.8 Å². The number of rotatable bonds is 8. The van der Waals surface area contributed by atoms with Gasteiger partial charge in [0.05, 0.1) is 18.7 Å². The first-order chi connectivity index (χ1) is 14.7. The summed E-state index contributed by atoms with van der Waals surface area (Å²) in [4.78, 5) is 7.13. The standard InChI is InChI=1S/C23H19FN4O2/c24-21-15-26-22-12-16(7-8-20(21)22)27-23-13-19(11-17(14-25)28-23)30-10-4-9-29-18-5-2-1-3-6-18/h1-3,5-8,11-13,15,26H,4,9-10H2,(H,27,28). The number of aromatic amines is 1. The Hall–Kier alpha value is -4.05.